The number of carboxylic acid groups (broad SMARTS) is 1. The first-order valence-electron chi connectivity index (χ1n) is 11.3. The summed E-state index contributed by atoms with van der Waals surface area (Å²) in [5.41, 5.74) is 7.34. The van der Waals surface area contributed by atoms with Crippen LogP contribution in [-0.2, 0) is 11.3 Å². The fourth-order valence-electron chi connectivity index (χ4n) is 4.20. The molecule has 1 saturated carbocycles. The van der Waals surface area contributed by atoms with Crippen molar-refractivity contribution in [3.05, 3.63) is 71.8 Å². The fraction of sp³-hybridized carbons (Fsp3) is 0.192. The van der Waals surface area contributed by atoms with Gasteiger partial charge >= 0.3 is 5.97 Å². The molecule has 9 nitrogen and oxygen atoms in total. The SMILES string of the molecule is N#CC(C(=O)O)=C(CCn1nc(-c2ccc(Oc3ccccc3)cc2F)c2c(N)ncnc21)C1CC1. The van der Waals surface area contributed by atoms with E-state index >= 15 is 4.39 Å². The number of hydrogen-bond donors (Lipinski definition) is 2. The van der Waals surface area contributed by atoms with Crippen LogP contribution >= 0.6 is 0 Å². The van der Waals surface area contributed by atoms with Crippen LogP contribution < -0.4 is 10.5 Å². The second kappa shape index (κ2) is 9.46. The molecule has 0 saturated heterocycles. The molecule has 0 unspecified atom stereocenters. The molecule has 1 aliphatic carbocycles. The highest BCUT2D eigenvalue weighted by molar-refractivity contribution is 5.98. The first kappa shape index (κ1) is 23.0. The summed E-state index contributed by atoms with van der Waals surface area (Å²) in [5.74, 6) is -0.675. The van der Waals surface area contributed by atoms with E-state index in [2.05, 4.69) is 15.1 Å². The lowest BCUT2D eigenvalue weighted by Gasteiger charge is -2.08. The van der Waals surface area contributed by atoms with E-state index in [-0.39, 0.29) is 35.1 Å². The second-order valence-corrected chi connectivity index (χ2v) is 8.43. The van der Waals surface area contributed by atoms with Crippen molar-refractivity contribution in [2.45, 2.75) is 25.8 Å². The minimum atomic E-state index is -1.24. The van der Waals surface area contributed by atoms with Gasteiger partial charge in [0, 0.05) is 18.2 Å². The molecular formula is C26H21FN6O3. The molecule has 0 spiro atoms. The van der Waals surface area contributed by atoms with Crippen molar-refractivity contribution < 1.29 is 19.0 Å². The topological polar surface area (TPSA) is 140 Å². The number of aliphatic carboxylic acids is 1. The van der Waals surface area contributed by atoms with Crippen LogP contribution in [0.1, 0.15) is 19.3 Å². The molecule has 5 rings (SSSR count). The Labute approximate surface area is 205 Å². The average Bonchev–Trinajstić information content (AvgIpc) is 3.64. The van der Waals surface area contributed by atoms with Gasteiger partial charge in [-0.15, -0.1) is 0 Å². The van der Waals surface area contributed by atoms with E-state index in [1.54, 1.807) is 28.9 Å². The number of nitriles is 1. The molecule has 1 fully saturated rings. The van der Waals surface area contributed by atoms with Gasteiger partial charge in [-0.3, -0.25) is 0 Å². The summed E-state index contributed by atoms with van der Waals surface area (Å²) in [6.07, 6.45) is 3.28. The molecular weight excluding hydrogens is 463 g/mol. The first-order chi connectivity index (χ1) is 17.5. The van der Waals surface area contributed by atoms with E-state index in [1.807, 2.05) is 24.3 Å². The van der Waals surface area contributed by atoms with Crippen LogP contribution in [0.2, 0.25) is 0 Å². The van der Waals surface area contributed by atoms with Crippen molar-refractivity contribution >= 4 is 22.8 Å². The molecule has 0 bridgehead atoms. The molecule has 180 valence electrons. The number of fused-ring (bicyclic) bond motifs is 1. The molecule has 0 atom stereocenters. The van der Waals surface area contributed by atoms with E-state index < -0.39 is 11.8 Å². The Bertz CT molecular complexity index is 1540. The van der Waals surface area contributed by atoms with Crippen molar-refractivity contribution in [2.24, 2.45) is 5.92 Å². The third-order valence-corrected chi connectivity index (χ3v) is 6.04. The summed E-state index contributed by atoms with van der Waals surface area (Å²) >= 11 is 0. The van der Waals surface area contributed by atoms with Crippen molar-refractivity contribution in [1.29, 1.82) is 5.26 Å². The molecule has 2 aromatic carbocycles. The van der Waals surface area contributed by atoms with Crippen LogP contribution in [0.25, 0.3) is 22.3 Å². The maximum atomic E-state index is 15.3. The molecule has 36 heavy (non-hydrogen) atoms. The average molecular weight is 484 g/mol. The molecule has 0 aliphatic heterocycles. The lowest BCUT2D eigenvalue weighted by molar-refractivity contribution is -0.132. The molecule has 0 radical (unpaired) electrons. The van der Waals surface area contributed by atoms with Gasteiger partial charge in [0.05, 0.1) is 5.39 Å². The van der Waals surface area contributed by atoms with Crippen molar-refractivity contribution in [3.8, 4) is 28.8 Å². The number of nitrogen functional groups attached to an aromatic ring is 1. The Morgan fingerprint density at radius 3 is 2.64 bits per heavy atom. The predicted molar refractivity (Wildman–Crippen MR) is 129 cm³/mol. The van der Waals surface area contributed by atoms with E-state index in [1.165, 1.54) is 12.4 Å². The Hall–Kier alpha value is -4.78. The molecule has 10 heteroatoms. The van der Waals surface area contributed by atoms with Crippen LogP contribution in [0.15, 0.2) is 66.0 Å². The number of ether oxygens (including phenoxy) is 1. The smallest absolute Gasteiger partial charge is 0.346 e. The Balaban J connectivity index is 1.50. The highest BCUT2D eigenvalue weighted by Crippen LogP contribution is 2.40. The van der Waals surface area contributed by atoms with Crippen LogP contribution in [0.5, 0.6) is 11.5 Å². The summed E-state index contributed by atoms with van der Waals surface area (Å²) in [6.45, 7) is 0.244. The number of hydrogen-bond acceptors (Lipinski definition) is 7. The van der Waals surface area contributed by atoms with Crippen molar-refractivity contribution in [3.63, 3.8) is 0 Å². The van der Waals surface area contributed by atoms with Gasteiger partial charge in [0.15, 0.2) is 5.65 Å². The molecule has 4 aromatic rings. The number of carboxylic acids is 1. The Morgan fingerprint density at radius 2 is 1.97 bits per heavy atom. The molecule has 2 heterocycles. The Morgan fingerprint density at radius 1 is 1.19 bits per heavy atom. The summed E-state index contributed by atoms with van der Waals surface area (Å²) in [5, 5.41) is 23.7. The monoisotopic (exact) mass is 484 g/mol. The van der Waals surface area contributed by atoms with Gasteiger partial charge in [0.25, 0.3) is 0 Å². The quantitative estimate of drug-likeness (QED) is 0.271. The number of rotatable bonds is 8. The summed E-state index contributed by atoms with van der Waals surface area (Å²) in [7, 11) is 0. The normalized spacial score (nSPS) is 13.8. The predicted octanol–water partition coefficient (Wildman–Crippen LogP) is 4.71. The number of allylic oxidation sites excluding steroid dienone is 1. The van der Waals surface area contributed by atoms with Crippen LogP contribution in [0.3, 0.4) is 0 Å². The largest absolute Gasteiger partial charge is 0.477 e. The van der Waals surface area contributed by atoms with Gasteiger partial charge < -0.3 is 15.6 Å². The number of benzene rings is 2. The number of para-hydroxylation sites is 1. The second-order valence-electron chi connectivity index (χ2n) is 8.43. The minimum absolute atomic E-state index is 0.0753. The number of aromatic nitrogens is 4. The first-order valence-corrected chi connectivity index (χ1v) is 11.3. The van der Waals surface area contributed by atoms with Crippen LogP contribution in [0.4, 0.5) is 10.2 Å². The van der Waals surface area contributed by atoms with E-state index in [9.17, 15) is 15.2 Å². The fourth-order valence-corrected chi connectivity index (χ4v) is 4.20. The summed E-state index contributed by atoms with van der Waals surface area (Å²) in [4.78, 5) is 19.9. The maximum absolute atomic E-state index is 15.3. The Kier molecular flexibility index (Phi) is 6.04. The van der Waals surface area contributed by atoms with Gasteiger partial charge in [0.2, 0.25) is 0 Å². The van der Waals surface area contributed by atoms with E-state index in [4.69, 9.17) is 10.5 Å². The third kappa shape index (κ3) is 4.46. The number of aryl methyl sites for hydroxylation is 1. The number of anilines is 1. The molecule has 3 N–H and O–H groups in total. The van der Waals surface area contributed by atoms with Crippen molar-refractivity contribution in [1.82, 2.24) is 19.7 Å². The lowest BCUT2D eigenvalue weighted by Crippen LogP contribution is -2.09. The van der Waals surface area contributed by atoms with Crippen LogP contribution in [-0.4, -0.2) is 30.8 Å². The van der Waals surface area contributed by atoms with Crippen molar-refractivity contribution in [2.75, 3.05) is 5.73 Å². The number of halogens is 1. The zero-order valence-corrected chi connectivity index (χ0v) is 19.1. The molecule has 0 amide bonds. The third-order valence-electron chi connectivity index (χ3n) is 6.04. The highest BCUT2D eigenvalue weighted by atomic mass is 19.1. The van der Waals surface area contributed by atoms with E-state index in [0.29, 0.717) is 34.5 Å². The standard InChI is InChI=1S/C26H21FN6O3/c27-21-12-17(36-16-4-2-1-3-5-16)8-9-19(21)23-22-24(29)30-14-31-25(22)33(32-23)11-10-18(15-6-7-15)20(13-28)26(34)35/h1-5,8-9,12,14-15H,6-7,10-11H2,(H,34,35)(H2,29,30,31). The zero-order valence-electron chi connectivity index (χ0n) is 19.1. The van der Waals surface area contributed by atoms with Gasteiger partial charge in [-0.05, 0) is 55.0 Å². The van der Waals surface area contributed by atoms with E-state index in [0.717, 1.165) is 12.8 Å². The number of nitrogens with zero attached hydrogens (tertiary/aromatic N) is 5. The van der Waals surface area contributed by atoms with Gasteiger partial charge in [-0.25, -0.2) is 23.8 Å². The zero-order chi connectivity index (χ0) is 25.2. The minimum Gasteiger partial charge on any atom is -0.477 e. The lowest BCUT2D eigenvalue weighted by atomic mass is 10.0. The van der Waals surface area contributed by atoms with Gasteiger partial charge in [-0.2, -0.15) is 10.4 Å². The summed E-state index contributed by atoms with van der Waals surface area (Å²) < 4.78 is 22.5. The number of nitrogens with two attached hydrogens (primary N) is 1. The number of carbonyl (C=O) groups is 1. The molecule has 2 aromatic heterocycles. The summed E-state index contributed by atoms with van der Waals surface area (Å²) in [6, 6.07) is 15.3. The highest BCUT2D eigenvalue weighted by Gasteiger charge is 2.31. The maximum Gasteiger partial charge on any atom is 0.346 e. The van der Waals surface area contributed by atoms with Gasteiger partial charge in [-0.1, -0.05) is 18.2 Å². The van der Waals surface area contributed by atoms with Gasteiger partial charge in [0.1, 0.15) is 46.8 Å². The van der Waals surface area contributed by atoms with Crippen LogP contribution in [0, 0.1) is 23.1 Å². The molecule has 1 aliphatic rings.